The van der Waals surface area contributed by atoms with Crippen LogP contribution < -0.4 is 0 Å². The van der Waals surface area contributed by atoms with Crippen LogP contribution in [0.2, 0.25) is 0 Å². The minimum absolute atomic E-state index is 0.684. The third-order valence-corrected chi connectivity index (χ3v) is 1.66. The molecule has 62 valence electrons. The third-order valence-electron chi connectivity index (χ3n) is 1.66. The molecule has 0 unspecified atom stereocenters. The topological polar surface area (TPSA) is 43.9 Å². The molecule has 0 amide bonds. The third kappa shape index (κ3) is 1.53. The lowest BCUT2D eigenvalue weighted by molar-refractivity contribution is 0.371. The molecule has 0 aromatic carbocycles. The quantitative estimate of drug-likeness (QED) is 0.680. The first-order chi connectivity index (χ1) is 5.95. The molecule has 0 saturated carbocycles. The molecule has 2 aromatic rings. The van der Waals surface area contributed by atoms with Gasteiger partial charge in [-0.15, -0.1) is 0 Å². The molecule has 0 bridgehead atoms. The van der Waals surface area contributed by atoms with Crippen molar-refractivity contribution in [3.8, 4) is 0 Å². The fourth-order valence-corrected chi connectivity index (χ4v) is 1.05. The van der Waals surface area contributed by atoms with E-state index in [1.807, 2.05) is 24.5 Å². The SMILES string of the molecule is c1ccn(CCc2ncno2)c1. The number of hydrogen-bond acceptors (Lipinski definition) is 3. The molecule has 4 nitrogen and oxygen atoms in total. The molecule has 4 heteroatoms. The summed E-state index contributed by atoms with van der Waals surface area (Å²) in [4.78, 5) is 3.92. The van der Waals surface area contributed by atoms with Crippen molar-refractivity contribution in [2.24, 2.45) is 0 Å². The van der Waals surface area contributed by atoms with Gasteiger partial charge in [-0.3, -0.25) is 0 Å². The van der Waals surface area contributed by atoms with Gasteiger partial charge in [-0.25, -0.2) is 0 Å². The van der Waals surface area contributed by atoms with Crippen LogP contribution in [0.25, 0.3) is 0 Å². The summed E-state index contributed by atoms with van der Waals surface area (Å²) in [5.74, 6) is 0.684. The summed E-state index contributed by atoms with van der Waals surface area (Å²) in [6, 6.07) is 3.99. The lowest BCUT2D eigenvalue weighted by Gasteiger charge is -1.97. The normalized spacial score (nSPS) is 10.3. The van der Waals surface area contributed by atoms with Crippen LogP contribution in [0.3, 0.4) is 0 Å². The summed E-state index contributed by atoms with van der Waals surface area (Å²) in [5.41, 5.74) is 0. The van der Waals surface area contributed by atoms with Gasteiger partial charge in [0, 0.05) is 25.4 Å². The summed E-state index contributed by atoms with van der Waals surface area (Å²) in [7, 11) is 0. The fraction of sp³-hybridized carbons (Fsp3) is 0.250. The van der Waals surface area contributed by atoms with E-state index in [2.05, 4.69) is 14.7 Å². The Bertz CT molecular complexity index is 278. The Morgan fingerprint density at radius 1 is 1.33 bits per heavy atom. The van der Waals surface area contributed by atoms with E-state index in [9.17, 15) is 0 Å². The van der Waals surface area contributed by atoms with E-state index >= 15 is 0 Å². The van der Waals surface area contributed by atoms with Crippen LogP contribution in [0.4, 0.5) is 0 Å². The summed E-state index contributed by atoms with van der Waals surface area (Å²) >= 11 is 0. The van der Waals surface area contributed by atoms with E-state index in [-0.39, 0.29) is 0 Å². The van der Waals surface area contributed by atoms with Crippen molar-refractivity contribution < 1.29 is 4.52 Å². The lowest BCUT2D eigenvalue weighted by Crippen LogP contribution is -1.97. The van der Waals surface area contributed by atoms with Crippen LogP contribution >= 0.6 is 0 Å². The highest BCUT2D eigenvalue weighted by Crippen LogP contribution is 1.97. The van der Waals surface area contributed by atoms with Crippen LogP contribution in [0.5, 0.6) is 0 Å². The zero-order valence-corrected chi connectivity index (χ0v) is 6.55. The predicted octanol–water partition coefficient (Wildman–Crippen LogP) is 1.11. The van der Waals surface area contributed by atoms with Crippen LogP contribution in [-0.4, -0.2) is 14.7 Å². The monoisotopic (exact) mass is 163 g/mol. The minimum atomic E-state index is 0.684. The molecule has 2 aromatic heterocycles. The van der Waals surface area contributed by atoms with Crippen molar-refractivity contribution in [1.82, 2.24) is 14.7 Å². The van der Waals surface area contributed by atoms with E-state index in [0.717, 1.165) is 13.0 Å². The lowest BCUT2D eigenvalue weighted by atomic mass is 10.4. The van der Waals surface area contributed by atoms with Crippen LogP contribution in [0.1, 0.15) is 5.89 Å². The molecule has 2 rings (SSSR count). The second-order valence-corrected chi connectivity index (χ2v) is 2.51. The molecule has 0 fully saturated rings. The second-order valence-electron chi connectivity index (χ2n) is 2.51. The summed E-state index contributed by atoms with van der Waals surface area (Å²) in [5, 5.41) is 3.53. The van der Waals surface area contributed by atoms with Crippen molar-refractivity contribution in [2.45, 2.75) is 13.0 Å². The Kier molecular flexibility index (Phi) is 1.90. The van der Waals surface area contributed by atoms with Crippen LogP contribution in [0.15, 0.2) is 35.4 Å². The largest absolute Gasteiger partial charge is 0.354 e. The van der Waals surface area contributed by atoms with Gasteiger partial charge < -0.3 is 9.09 Å². The number of nitrogens with zero attached hydrogens (tertiary/aromatic N) is 3. The number of rotatable bonds is 3. The smallest absolute Gasteiger partial charge is 0.228 e. The van der Waals surface area contributed by atoms with Gasteiger partial charge in [0.15, 0.2) is 6.33 Å². The fourth-order valence-electron chi connectivity index (χ4n) is 1.05. The molecule has 0 aliphatic rings. The maximum Gasteiger partial charge on any atom is 0.228 e. The van der Waals surface area contributed by atoms with E-state index in [4.69, 9.17) is 4.52 Å². The van der Waals surface area contributed by atoms with Gasteiger partial charge >= 0.3 is 0 Å². The second kappa shape index (κ2) is 3.21. The van der Waals surface area contributed by atoms with Gasteiger partial charge in [-0.05, 0) is 12.1 Å². The van der Waals surface area contributed by atoms with Crippen molar-refractivity contribution in [3.63, 3.8) is 0 Å². The number of aryl methyl sites for hydroxylation is 2. The van der Waals surface area contributed by atoms with Crippen LogP contribution in [-0.2, 0) is 13.0 Å². The summed E-state index contributed by atoms with van der Waals surface area (Å²) < 4.78 is 6.93. The molecule has 0 N–H and O–H groups in total. The molecular formula is C8H9N3O. The van der Waals surface area contributed by atoms with Crippen molar-refractivity contribution >= 4 is 0 Å². The predicted molar refractivity (Wildman–Crippen MR) is 42.4 cm³/mol. The molecule has 0 spiro atoms. The molecule has 12 heavy (non-hydrogen) atoms. The van der Waals surface area contributed by atoms with Gasteiger partial charge in [0.05, 0.1) is 0 Å². The zero-order valence-electron chi connectivity index (χ0n) is 6.55. The highest BCUT2D eigenvalue weighted by Gasteiger charge is 1.97. The highest BCUT2D eigenvalue weighted by atomic mass is 16.5. The summed E-state index contributed by atoms with van der Waals surface area (Å²) in [6.07, 6.45) is 6.23. The van der Waals surface area contributed by atoms with Gasteiger partial charge in [0.2, 0.25) is 5.89 Å². The van der Waals surface area contributed by atoms with Gasteiger partial charge in [-0.2, -0.15) is 4.98 Å². The van der Waals surface area contributed by atoms with Gasteiger partial charge in [0.25, 0.3) is 0 Å². The number of aromatic nitrogens is 3. The molecule has 0 saturated heterocycles. The Labute approximate surface area is 69.8 Å². The van der Waals surface area contributed by atoms with E-state index < -0.39 is 0 Å². The number of hydrogen-bond donors (Lipinski definition) is 0. The first-order valence-electron chi connectivity index (χ1n) is 3.81. The minimum Gasteiger partial charge on any atom is -0.354 e. The first kappa shape index (κ1) is 7.09. The standard InChI is InChI=1S/C8H9N3O/c1-2-5-11(4-1)6-3-8-9-7-10-12-8/h1-2,4-5,7H,3,6H2. The molecular weight excluding hydrogens is 154 g/mol. The van der Waals surface area contributed by atoms with Crippen molar-refractivity contribution in [3.05, 3.63) is 36.7 Å². The Morgan fingerprint density at radius 2 is 2.17 bits per heavy atom. The average molecular weight is 163 g/mol. The average Bonchev–Trinajstić information content (AvgIpc) is 2.74. The van der Waals surface area contributed by atoms with Crippen LogP contribution in [0, 0.1) is 0 Å². The van der Waals surface area contributed by atoms with E-state index in [0.29, 0.717) is 5.89 Å². The summed E-state index contributed by atoms with van der Waals surface area (Å²) in [6.45, 7) is 0.884. The first-order valence-corrected chi connectivity index (χ1v) is 3.81. The maximum atomic E-state index is 4.86. The Morgan fingerprint density at radius 3 is 2.83 bits per heavy atom. The molecule has 0 aliphatic carbocycles. The molecule has 0 atom stereocenters. The van der Waals surface area contributed by atoms with Gasteiger partial charge in [-0.1, -0.05) is 5.16 Å². The van der Waals surface area contributed by atoms with Crippen molar-refractivity contribution in [2.75, 3.05) is 0 Å². The van der Waals surface area contributed by atoms with Crippen molar-refractivity contribution in [1.29, 1.82) is 0 Å². The molecule has 0 aliphatic heterocycles. The molecule has 0 radical (unpaired) electrons. The van der Waals surface area contributed by atoms with E-state index in [1.165, 1.54) is 6.33 Å². The highest BCUT2D eigenvalue weighted by molar-refractivity contribution is 4.91. The Hall–Kier alpha value is -1.58. The zero-order chi connectivity index (χ0) is 8.23. The maximum absolute atomic E-state index is 4.86. The Balaban J connectivity index is 1.91. The van der Waals surface area contributed by atoms with Gasteiger partial charge in [0.1, 0.15) is 0 Å². The van der Waals surface area contributed by atoms with E-state index in [1.54, 1.807) is 0 Å². The molecule has 2 heterocycles.